The standard InChI is InChI=1S/C9H19NO2/c1-9(2,3)6-10-7-4-12-5-8(7)11/h7-8,10-11H,4-6H2,1-3H3. The van der Waals surface area contributed by atoms with E-state index < -0.39 is 0 Å². The summed E-state index contributed by atoms with van der Waals surface area (Å²) in [5.41, 5.74) is 0.266. The zero-order valence-electron chi connectivity index (χ0n) is 8.13. The fourth-order valence-corrected chi connectivity index (χ4v) is 1.18. The molecule has 1 saturated heterocycles. The van der Waals surface area contributed by atoms with E-state index >= 15 is 0 Å². The first-order valence-corrected chi connectivity index (χ1v) is 4.48. The molecule has 0 aromatic heterocycles. The second-order valence-electron chi connectivity index (χ2n) is 4.65. The van der Waals surface area contributed by atoms with Crippen LogP contribution < -0.4 is 5.32 Å². The smallest absolute Gasteiger partial charge is 0.0948 e. The highest BCUT2D eigenvalue weighted by Crippen LogP contribution is 2.12. The second kappa shape index (κ2) is 3.73. The minimum atomic E-state index is -0.327. The van der Waals surface area contributed by atoms with Crippen LogP contribution in [-0.2, 0) is 4.74 Å². The van der Waals surface area contributed by atoms with Crippen molar-refractivity contribution in [3.63, 3.8) is 0 Å². The topological polar surface area (TPSA) is 41.5 Å². The first kappa shape index (κ1) is 9.96. The van der Waals surface area contributed by atoms with Gasteiger partial charge in [-0.2, -0.15) is 0 Å². The number of nitrogens with one attached hydrogen (secondary N) is 1. The molecule has 3 heteroatoms. The van der Waals surface area contributed by atoms with Crippen LogP contribution in [0.5, 0.6) is 0 Å². The Kier molecular flexibility index (Phi) is 3.09. The Hall–Kier alpha value is -0.120. The average Bonchev–Trinajstić information content (AvgIpc) is 2.29. The molecule has 0 spiro atoms. The average molecular weight is 173 g/mol. The molecule has 1 fully saturated rings. The number of hydrogen-bond donors (Lipinski definition) is 2. The first-order chi connectivity index (χ1) is 5.49. The van der Waals surface area contributed by atoms with Gasteiger partial charge in [-0.3, -0.25) is 0 Å². The number of hydrogen-bond acceptors (Lipinski definition) is 3. The minimum absolute atomic E-state index is 0.129. The molecule has 2 unspecified atom stereocenters. The highest BCUT2D eigenvalue weighted by Gasteiger charge is 2.26. The van der Waals surface area contributed by atoms with Gasteiger partial charge in [0.1, 0.15) is 0 Å². The predicted octanol–water partition coefficient (Wildman–Crippen LogP) is 0.382. The molecule has 1 aliphatic heterocycles. The van der Waals surface area contributed by atoms with Crippen molar-refractivity contribution < 1.29 is 9.84 Å². The Morgan fingerprint density at radius 2 is 2.08 bits per heavy atom. The van der Waals surface area contributed by atoms with Gasteiger partial charge in [-0.25, -0.2) is 0 Å². The van der Waals surface area contributed by atoms with Gasteiger partial charge >= 0.3 is 0 Å². The van der Waals surface area contributed by atoms with Crippen LogP contribution in [0.2, 0.25) is 0 Å². The molecule has 0 aromatic carbocycles. The molecule has 0 bridgehead atoms. The summed E-state index contributed by atoms with van der Waals surface area (Å²) < 4.78 is 5.12. The molecule has 1 rings (SSSR count). The van der Waals surface area contributed by atoms with Gasteiger partial charge in [-0.15, -0.1) is 0 Å². The summed E-state index contributed by atoms with van der Waals surface area (Å²) in [6.07, 6.45) is -0.327. The quantitative estimate of drug-likeness (QED) is 0.634. The van der Waals surface area contributed by atoms with Gasteiger partial charge in [-0.1, -0.05) is 20.8 Å². The van der Waals surface area contributed by atoms with E-state index in [1.807, 2.05) is 0 Å². The molecule has 0 amide bonds. The molecule has 1 heterocycles. The van der Waals surface area contributed by atoms with Crippen LogP contribution in [0.4, 0.5) is 0 Å². The summed E-state index contributed by atoms with van der Waals surface area (Å²) in [5.74, 6) is 0. The molecule has 72 valence electrons. The van der Waals surface area contributed by atoms with Crippen molar-refractivity contribution in [1.29, 1.82) is 0 Å². The summed E-state index contributed by atoms with van der Waals surface area (Å²) >= 11 is 0. The van der Waals surface area contributed by atoms with E-state index in [4.69, 9.17) is 4.74 Å². The van der Waals surface area contributed by atoms with Crippen LogP contribution >= 0.6 is 0 Å². The Morgan fingerprint density at radius 3 is 2.50 bits per heavy atom. The third-order valence-corrected chi connectivity index (χ3v) is 1.95. The maximum atomic E-state index is 9.40. The van der Waals surface area contributed by atoms with Crippen molar-refractivity contribution in [2.24, 2.45) is 5.41 Å². The fourth-order valence-electron chi connectivity index (χ4n) is 1.18. The number of rotatable bonds is 2. The van der Waals surface area contributed by atoms with Gasteiger partial charge in [0.2, 0.25) is 0 Å². The maximum Gasteiger partial charge on any atom is 0.0948 e. The number of aliphatic hydroxyl groups is 1. The van der Waals surface area contributed by atoms with Crippen molar-refractivity contribution in [2.75, 3.05) is 19.8 Å². The Balaban J connectivity index is 2.23. The van der Waals surface area contributed by atoms with E-state index in [2.05, 4.69) is 26.1 Å². The summed E-state index contributed by atoms with van der Waals surface area (Å²) in [4.78, 5) is 0. The van der Waals surface area contributed by atoms with E-state index in [0.717, 1.165) is 6.54 Å². The lowest BCUT2D eigenvalue weighted by atomic mass is 9.96. The summed E-state index contributed by atoms with van der Waals surface area (Å²) in [6, 6.07) is 0.129. The highest BCUT2D eigenvalue weighted by atomic mass is 16.5. The molecule has 2 N–H and O–H groups in total. The highest BCUT2D eigenvalue weighted by molar-refractivity contribution is 4.82. The van der Waals surface area contributed by atoms with E-state index in [0.29, 0.717) is 13.2 Å². The van der Waals surface area contributed by atoms with Gasteiger partial charge in [0, 0.05) is 6.54 Å². The first-order valence-electron chi connectivity index (χ1n) is 4.48. The molecule has 12 heavy (non-hydrogen) atoms. The molecule has 0 saturated carbocycles. The summed E-state index contributed by atoms with van der Waals surface area (Å²) in [6.45, 7) is 8.53. The Morgan fingerprint density at radius 1 is 1.42 bits per heavy atom. The minimum Gasteiger partial charge on any atom is -0.389 e. The molecule has 0 aromatic rings. The Bertz CT molecular complexity index is 142. The van der Waals surface area contributed by atoms with Gasteiger partial charge in [0.25, 0.3) is 0 Å². The van der Waals surface area contributed by atoms with E-state index in [9.17, 15) is 5.11 Å². The van der Waals surface area contributed by atoms with Gasteiger partial charge in [0.05, 0.1) is 25.4 Å². The van der Waals surface area contributed by atoms with Crippen molar-refractivity contribution in [3.05, 3.63) is 0 Å². The Labute approximate surface area is 74.1 Å². The van der Waals surface area contributed by atoms with Gasteiger partial charge in [0.15, 0.2) is 0 Å². The van der Waals surface area contributed by atoms with Crippen molar-refractivity contribution >= 4 is 0 Å². The third-order valence-electron chi connectivity index (χ3n) is 1.95. The summed E-state index contributed by atoms with van der Waals surface area (Å²) in [7, 11) is 0. The lowest BCUT2D eigenvalue weighted by Gasteiger charge is -2.22. The SMILES string of the molecule is CC(C)(C)CNC1COCC1O. The molecule has 3 nitrogen and oxygen atoms in total. The van der Waals surface area contributed by atoms with Crippen LogP contribution in [0.25, 0.3) is 0 Å². The van der Waals surface area contributed by atoms with E-state index in [1.165, 1.54) is 0 Å². The second-order valence-corrected chi connectivity index (χ2v) is 4.65. The van der Waals surface area contributed by atoms with Crippen molar-refractivity contribution in [1.82, 2.24) is 5.32 Å². The van der Waals surface area contributed by atoms with E-state index in [1.54, 1.807) is 0 Å². The monoisotopic (exact) mass is 173 g/mol. The van der Waals surface area contributed by atoms with Gasteiger partial charge in [-0.05, 0) is 5.41 Å². The van der Waals surface area contributed by atoms with Crippen LogP contribution in [-0.4, -0.2) is 37.0 Å². The summed E-state index contributed by atoms with van der Waals surface area (Å²) in [5, 5.41) is 12.7. The zero-order valence-corrected chi connectivity index (χ0v) is 8.13. The molecular weight excluding hydrogens is 154 g/mol. The third kappa shape index (κ3) is 3.09. The molecule has 0 aliphatic carbocycles. The molecule has 1 aliphatic rings. The van der Waals surface area contributed by atoms with Gasteiger partial charge < -0.3 is 15.2 Å². The van der Waals surface area contributed by atoms with Crippen molar-refractivity contribution in [2.45, 2.75) is 32.9 Å². The predicted molar refractivity (Wildman–Crippen MR) is 48.1 cm³/mol. The zero-order chi connectivity index (χ0) is 9.19. The fraction of sp³-hybridized carbons (Fsp3) is 1.00. The van der Waals surface area contributed by atoms with Crippen LogP contribution in [0.1, 0.15) is 20.8 Å². The largest absolute Gasteiger partial charge is 0.389 e. The van der Waals surface area contributed by atoms with Crippen LogP contribution in [0.15, 0.2) is 0 Å². The molecule has 2 atom stereocenters. The van der Waals surface area contributed by atoms with Crippen LogP contribution in [0.3, 0.4) is 0 Å². The number of ether oxygens (including phenoxy) is 1. The lowest BCUT2D eigenvalue weighted by Crippen LogP contribution is -2.42. The number of aliphatic hydroxyl groups excluding tert-OH is 1. The maximum absolute atomic E-state index is 9.40. The molecular formula is C9H19NO2. The lowest BCUT2D eigenvalue weighted by molar-refractivity contribution is 0.121. The normalized spacial score (nSPS) is 31.0. The van der Waals surface area contributed by atoms with Crippen molar-refractivity contribution in [3.8, 4) is 0 Å². The van der Waals surface area contributed by atoms with Crippen LogP contribution in [0, 0.1) is 5.41 Å². The molecule has 0 radical (unpaired) electrons. The van der Waals surface area contributed by atoms with E-state index in [-0.39, 0.29) is 17.6 Å².